The van der Waals surface area contributed by atoms with Crippen molar-refractivity contribution in [2.75, 3.05) is 18.4 Å². The van der Waals surface area contributed by atoms with Crippen molar-refractivity contribution >= 4 is 5.82 Å². The second-order valence-corrected chi connectivity index (χ2v) is 5.19. The van der Waals surface area contributed by atoms with Gasteiger partial charge in [-0.1, -0.05) is 12.6 Å². The van der Waals surface area contributed by atoms with Crippen LogP contribution < -0.4 is 5.32 Å². The van der Waals surface area contributed by atoms with Crippen molar-refractivity contribution in [1.82, 2.24) is 9.88 Å². The Morgan fingerprint density at radius 1 is 1.44 bits per heavy atom. The van der Waals surface area contributed by atoms with Gasteiger partial charge in [0.1, 0.15) is 5.82 Å². The number of nitrogens with zero attached hydrogens (tertiary/aromatic N) is 2. The number of anilines is 1. The van der Waals surface area contributed by atoms with E-state index in [1.54, 1.807) is 6.20 Å². The molecular weight excluding hydrogens is 222 g/mol. The molecule has 1 aromatic rings. The first-order chi connectivity index (χ1) is 8.72. The van der Waals surface area contributed by atoms with Gasteiger partial charge in [-0.3, -0.25) is 0 Å². The van der Waals surface area contributed by atoms with Crippen LogP contribution in [-0.2, 0) is 0 Å². The van der Waals surface area contributed by atoms with Crippen LogP contribution in [0.5, 0.6) is 0 Å². The Morgan fingerprint density at radius 2 is 2.17 bits per heavy atom. The minimum absolute atomic E-state index is 0.621. The lowest BCUT2D eigenvalue weighted by atomic mass is 9.89. The molecule has 3 heteroatoms. The third-order valence-electron chi connectivity index (χ3n) is 3.78. The van der Waals surface area contributed by atoms with Crippen molar-refractivity contribution < 1.29 is 0 Å². The molecule has 0 radical (unpaired) electrons. The summed E-state index contributed by atoms with van der Waals surface area (Å²) in [7, 11) is 0. The van der Waals surface area contributed by atoms with E-state index in [1.165, 1.54) is 31.5 Å². The maximum absolute atomic E-state index is 4.40. The van der Waals surface area contributed by atoms with Crippen molar-refractivity contribution in [3.63, 3.8) is 0 Å². The predicted octanol–water partition coefficient (Wildman–Crippen LogP) is 3.22. The summed E-state index contributed by atoms with van der Waals surface area (Å²) in [5, 5.41) is 3.15. The zero-order chi connectivity index (χ0) is 13.0. The number of hydrogen-bond acceptors (Lipinski definition) is 3. The van der Waals surface area contributed by atoms with Crippen LogP contribution in [0.3, 0.4) is 0 Å². The summed E-state index contributed by atoms with van der Waals surface area (Å²) in [5.74, 6) is 1.59. The van der Waals surface area contributed by atoms with E-state index >= 15 is 0 Å². The summed E-state index contributed by atoms with van der Waals surface area (Å²) in [6, 6.07) is 4.87. The van der Waals surface area contributed by atoms with Gasteiger partial charge in [0.05, 0.1) is 0 Å². The van der Waals surface area contributed by atoms with E-state index in [1.807, 2.05) is 12.3 Å². The molecule has 1 aliphatic rings. The quantitative estimate of drug-likeness (QED) is 0.882. The molecule has 1 N–H and O–H groups in total. The third-order valence-corrected chi connectivity index (χ3v) is 3.78. The molecule has 0 unspecified atom stereocenters. The lowest BCUT2D eigenvalue weighted by Gasteiger charge is -2.35. The molecule has 1 saturated heterocycles. The topological polar surface area (TPSA) is 28.2 Å². The normalized spacial score (nSPS) is 17.9. The summed E-state index contributed by atoms with van der Waals surface area (Å²) in [6.07, 6.45) is 5.97. The summed E-state index contributed by atoms with van der Waals surface area (Å²) in [6.45, 7) is 10.6. The fourth-order valence-corrected chi connectivity index (χ4v) is 2.69. The van der Waals surface area contributed by atoms with Crippen LogP contribution in [0.1, 0.15) is 38.2 Å². The van der Waals surface area contributed by atoms with Crippen LogP contribution in [0.25, 0.3) is 0 Å². The lowest BCUT2D eigenvalue weighted by Crippen LogP contribution is -2.37. The van der Waals surface area contributed by atoms with Crippen molar-refractivity contribution in [2.45, 2.75) is 38.6 Å². The molecule has 0 saturated carbocycles. The molecule has 1 aliphatic heterocycles. The average Bonchev–Trinajstić information content (AvgIpc) is 2.40. The highest BCUT2D eigenvalue weighted by Crippen LogP contribution is 2.32. The van der Waals surface area contributed by atoms with E-state index in [9.17, 15) is 0 Å². The van der Waals surface area contributed by atoms with Gasteiger partial charge >= 0.3 is 0 Å². The molecule has 0 bridgehead atoms. The zero-order valence-electron chi connectivity index (χ0n) is 11.4. The Labute approximate surface area is 110 Å². The Balaban J connectivity index is 2.07. The maximum Gasteiger partial charge on any atom is 0.133 e. The fraction of sp³-hybridized carbons (Fsp3) is 0.533. The molecular formula is C15H23N3. The fourth-order valence-electron chi connectivity index (χ4n) is 2.69. The highest BCUT2D eigenvalue weighted by molar-refractivity contribution is 5.47. The Kier molecular flexibility index (Phi) is 4.37. The maximum atomic E-state index is 4.40. The molecule has 18 heavy (non-hydrogen) atoms. The van der Waals surface area contributed by atoms with Gasteiger partial charge in [0.2, 0.25) is 0 Å². The molecule has 2 heterocycles. The highest BCUT2D eigenvalue weighted by atomic mass is 15.1. The molecule has 0 atom stereocenters. The van der Waals surface area contributed by atoms with Gasteiger partial charge < -0.3 is 10.2 Å². The predicted molar refractivity (Wildman–Crippen MR) is 76.7 cm³/mol. The van der Waals surface area contributed by atoms with Crippen LogP contribution in [0.4, 0.5) is 5.82 Å². The van der Waals surface area contributed by atoms with E-state index in [-0.39, 0.29) is 0 Å². The number of likely N-dealkylation sites (tertiary alicyclic amines) is 1. The summed E-state index contributed by atoms with van der Waals surface area (Å²) < 4.78 is 0. The van der Waals surface area contributed by atoms with Crippen molar-refractivity contribution in [2.24, 2.45) is 0 Å². The number of nitrogens with one attached hydrogen (secondary N) is 1. The van der Waals surface area contributed by atoms with Crippen molar-refractivity contribution in [3.8, 4) is 0 Å². The SMILES string of the molecule is C=CNc1ncccc1C1CCN(C(C)C)CC1. The molecule has 98 valence electrons. The average molecular weight is 245 g/mol. The van der Waals surface area contributed by atoms with Gasteiger partial charge in [-0.15, -0.1) is 0 Å². The monoisotopic (exact) mass is 245 g/mol. The number of hydrogen-bond donors (Lipinski definition) is 1. The summed E-state index contributed by atoms with van der Waals surface area (Å²) in [4.78, 5) is 6.95. The molecule has 1 aromatic heterocycles. The van der Waals surface area contributed by atoms with Gasteiger partial charge in [0.25, 0.3) is 0 Å². The molecule has 0 aromatic carbocycles. The van der Waals surface area contributed by atoms with E-state index in [4.69, 9.17) is 0 Å². The largest absolute Gasteiger partial charge is 0.347 e. The molecule has 0 aliphatic carbocycles. The number of pyridine rings is 1. The minimum atomic E-state index is 0.621. The molecule has 3 nitrogen and oxygen atoms in total. The van der Waals surface area contributed by atoms with E-state index in [0.717, 1.165) is 5.82 Å². The third kappa shape index (κ3) is 2.91. The van der Waals surface area contributed by atoms with Crippen molar-refractivity contribution in [1.29, 1.82) is 0 Å². The highest BCUT2D eigenvalue weighted by Gasteiger charge is 2.23. The first kappa shape index (κ1) is 13.1. The summed E-state index contributed by atoms with van der Waals surface area (Å²) >= 11 is 0. The van der Waals surface area contributed by atoms with E-state index in [0.29, 0.717) is 12.0 Å². The molecule has 1 fully saturated rings. The summed E-state index contributed by atoms with van der Waals surface area (Å²) in [5.41, 5.74) is 1.33. The van der Waals surface area contributed by atoms with Gasteiger partial charge in [-0.25, -0.2) is 4.98 Å². The standard InChI is InChI=1S/C15H23N3/c1-4-16-15-14(6-5-9-17-15)13-7-10-18(11-8-13)12(2)3/h4-6,9,12-13H,1,7-8,10-11H2,2-3H3,(H,16,17). The second kappa shape index (κ2) is 6.01. The Morgan fingerprint density at radius 3 is 2.78 bits per heavy atom. The Hall–Kier alpha value is -1.35. The molecule has 0 spiro atoms. The minimum Gasteiger partial charge on any atom is -0.347 e. The number of rotatable bonds is 4. The molecule has 2 rings (SSSR count). The first-order valence-electron chi connectivity index (χ1n) is 6.78. The van der Waals surface area contributed by atoms with Crippen LogP contribution in [0.2, 0.25) is 0 Å². The van der Waals surface area contributed by atoms with E-state index < -0.39 is 0 Å². The van der Waals surface area contributed by atoms with Crippen LogP contribution in [0, 0.1) is 0 Å². The zero-order valence-corrected chi connectivity index (χ0v) is 11.4. The van der Waals surface area contributed by atoms with Gasteiger partial charge in [-0.05, 0) is 63.5 Å². The van der Waals surface area contributed by atoms with Crippen LogP contribution >= 0.6 is 0 Å². The lowest BCUT2D eigenvalue weighted by molar-refractivity contribution is 0.172. The van der Waals surface area contributed by atoms with Crippen LogP contribution in [0.15, 0.2) is 31.1 Å². The number of aromatic nitrogens is 1. The van der Waals surface area contributed by atoms with Crippen molar-refractivity contribution in [3.05, 3.63) is 36.7 Å². The first-order valence-corrected chi connectivity index (χ1v) is 6.78. The van der Waals surface area contributed by atoms with Gasteiger partial charge in [0.15, 0.2) is 0 Å². The number of piperidine rings is 1. The smallest absolute Gasteiger partial charge is 0.133 e. The van der Waals surface area contributed by atoms with Gasteiger partial charge in [0, 0.05) is 12.2 Å². The van der Waals surface area contributed by atoms with Crippen LogP contribution in [-0.4, -0.2) is 29.0 Å². The second-order valence-electron chi connectivity index (χ2n) is 5.19. The molecule has 0 amide bonds. The van der Waals surface area contributed by atoms with Gasteiger partial charge in [-0.2, -0.15) is 0 Å². The Bertz CT molecular complexity index is 392. The van der Waals surface area contributed by atoms with E-state index in [2.05, 4.69) is 41.7 Å².